The quantitative estimate of drug-likeness (QED) is 0.865. The van der Waals surface area contributed by atoms with Crippen molar-refractivity contribution >= 4 is 21.7 Å². The molecule has 2 aliphatic rings. The van der Waals surface area contributed by atoms with Gasteiger partial charge >= 0.3 is 0 Å². The molecule has 1 N–H and O–H groups in total. The predicted octanol–water partition coefficient (Wildman–Crippen LogP) is 2.30. The Morgan fingerprint density at radius 3 is 3.06 bits per heavy atom. The lowest BCUT2D eigenvalue weighted by Crippen LogP contribution is -2.43. The van der Waals surface area contributed by atoms with Crippen molar-refractivity contribution in [1.82, 2.24) is 9.97 Å². The lowest BCUT2D eigenvalue weighted by molar-refractivity contribution is 0.360. The molecule has 4 nitrogen and oxygen atoms in total. The third-order valence-electron chi connectivity index (χ3n) is 4.04. The molecule has 2 fully saturated rings. The molecule has 5 heteroatoms. The first kappa shape index (κ1) is 11.3. The number of halogens is 1. The Morgan fingerprint density at radius 1 is 1.35 bits per heavy atom. The van der Waals surface area contributed by atoms with Crippen molar-refractivity contribution in [2.45, 2.75) is 38.1 Å². The normalized spacial score (nSPS) is 28.2. The van der Waals surface area contributed by atoms with Crippen LogP contribution in [0.1, 0.15) is 32.1 Å². The Morgan fingerprint density at radius 2 is 2.18 bits per heavy atom. The molecule has 0 radical (unpaired) electrons. The van der Waals surface area contributed by atoms with Gasteiger partial charge in [-0.2, -0.15) is 0 Å². The molecule has 2 unspecified atom stereocenters. The average Bonchev–Trinajstić information content (AvgIpc) is 2.81. The zero-order valence-electron chi connectivity index (χ0n) is 9.66. The van der Waals surface area contributed by atoms with Crippen molar-refractivity contribution in [3.8, 4) is 0 Å². The monoisotopic (exact) mass is 297 g/mol. The van der Waals surface area contributed by atoms with Crippen LogP contribution in [-0.4, -0.2) is 22.6 Å². The van der Waals surface area contributed by atoms with Crippen molar-refractivity contribution in [2.24, 2.45) is 5.92 Å². The van der Waals surface area contributed by atoms with Gasteiger partial charge in [0.1, 0.15) is 4.47 Å². The lowest BCUT2D eigenvalue weighted by Gasteiger charge is -2.38. The highest BCUT2D eigenvalue weighted by Gasteiger charge is 2.36. The van der Waals surface area contributed by atoms with Gasteiger partial charge in [0.25, 0.3) is 5.56 Å². The smallest absolute Gasteiger partial charge is 0.267 e. The Balaban J connectivity index is 1.97. The zero-order chi connectivity index (χ0) is 11.8. The Kier molecular flexibility index (Phi) is 2.94. The number of hydrogen-bond acceptors (Lipinski definition) is 3. The Hall–Kier alpha value is -0.840. The fourth-order valence-corrected chi connectivity index (χ4v) is 3.74. The molecule has 0 aromatic carbocycles. The van der Waals surface area contributed by atoms with Gasteiger partial charge in [0, 0.05) is 12.6 Å². The topological polar surface area (TPSA) is 49.0 Å². The molecular formula is C12H16BrN3O. The van der Waals surface area contributed by atoms with Crippen LogP contribution in [0.25, 0.3) is 0 Å². The fourth-order valence-electron chi connectivity index (χ4n) is 3.29. The van der Waals surface area contributed by atoms with Gasteiger partial charge in [0.05, 0.1) is 6.33 Å². The van der Waals surface area contributed by atoms with E-state index in [4.69, 9.17) is 0 Å². The van der Waals surface area contributed by atoms with E-state index in [2.05, 4.69) is 30.8 Å². The highest BCUT2D eigenvalue weighted by atomic mass is 79.9. The van der Waals surface area contributed by atoms with Gasteiger partial charge in [-0.1, -0.05) is 6.42 Å². The third kappa shape index (κ3) is 1.90. The van der Waals surface area contributed by atoms with Crippen LogP contribution in [0.2, 0.25) is 0 Å². The first-order chi connectivity index (χ1) is 8.27. The van der Waals surface area contributed by atoms with E-state index in [1.54, 1.807) is 0 Å². The van der Waals surface area contributed by atoms with E-state index in [0.29, 0.717) is 10.5 Å². The van der Waals surface area contributed by atoms with Crippen molar-refractivity contribution < 1.29 is 0 Å². The molecule has 0 amide bonds. The number of H-pyrrole nitrogens is 1. The average molecular weight is 298 g/mol. The summed E-state index contributed by atoms with van der Waals surface area (Å²) in [5.74, 6) is 1.63. The number of hydrogen-bond donors (Lipinski definition) is 1. The van der Waals surface area contributed by atoms with Gasteiger partial charge in [-0.05, 0) is 47.5 Å². The molecule has 2 heterocycles. The van der Waals surface area contributed by atoms with Crippen LogP contribution in [-0.2, 0) is 0 Å². The van der Waals surface area contributed by atoms with Gasteiger partial charge in [-0.25, -0.2) is 4.98 Å². The van der Waals surface area contributed by atoms with E-state index in [1.807, 2.05) is 0 Å². The number of aromatic amines is 1. The number of aromatic nitrogens is 2. The van der Waals surface area contributed by atoms with Gasteiger partial charge in [0.15, 0.2) is 5.82 Å². The summed E-state index contributed by atoms with van der Waals surface area (Å²) < 4.78 is 0.576. The van der Waals surface area contributed by atoms with E-state index >= 15 is 0 Å². The van der Waals surface area contributed by atoms with Crippen LogP contribution < -0.4 is 10.5 Å². The Labute approximate surface area is 109 Å². The second-order valence-corrected chi connectivity index (χ2v) is 5.76. The minimum Gasteiger partial charge on any atom is -0.352 e. The molecule has 1 aliphatic heterocycles. The molecule has 1 aliphatic carbocycles. The summed E-state index contributed by atoms with van der Waals surface area (Å²) in [4.78, 5) is 20.9. The number of fused-ring (bicyclic) bond motifs is 1. The molecule has 2 atom stereocenters. The van der Waals surface area contributed by atoms with Crippen molar-refractivity contribution in [1.29, 1.82) is 0 Å². The van der Waals surface area contributed by atoms with Gasteiger partial charge < -0.3 is 9.88 Å². The van der Waals surface area contributed by atoms with Crippen LogP contribution in [0.4, 0.5) is 5.82 Å². The first-order valence-corrected chi connectivity index (χ1v) is 7.06. The van der Waals surface area contributed by atoms with Crippen molar-refractivity contribution in [2.75, 3.05) is 11.4 Å². The molecule has 92 valence electrons. The van der Waals surface area contributed by atoms with E-state index < -0.39 is 0 Å². The molecule has 17 heavy (non-hydrogen) atoms. The second kappa shape index (κ2) is 4.44. The number of nitrogens with zero attached hydrogens (tertiary/aromatic N) is 2. The SMILES string of the molecule is O=c1[nH]cnc(N2CCCC3CCCC32)c1Br. The van der Waals surface area contributed by atoms with E-state index in [-0.39, 0.29) is 5.56 Å². The lowest BCUT2D eigenvalue weighted by atomic mass is 9.92. The fraction of sp³-hybridized carbons (Fsp3) is 0.667. The highest BCUT2D eigenvalue weighted by Crippen LogP contribution is 2.39. The van der Waals surface area contributed by atoms with Crippen LogP contribution in [0.15, 0.2) is 15.6 Å². The first-order valence-electron chi connectivity index (χ1n) is 6.27. The highest BCUT2D eigenvalue weighted by molar-refractivity contribution is 9.10. The summed E-state index contributed by atoms with van der Waals surface area (Å²) in [6.45, 7) is 1.02. The molecule has 1 saturated heterocycles. The predicted molar refractivity (Wildman–Crippen MR) is 70.3 cm³/mol. The number of piperidine rings is 1. The summed E-state index contributed by atoms with van der Waals surface area (Å²) in [5.41, 5.74) is -0.0879. The van der Waals surface area contributed by atoms with Crippen molar-refractivity contribution in [3.05, 3.63) is 21.2 Å². The minimum atomic E-state index is -0.0879. The summed E-state index contributed by atoms with van der Waals surface area (Å²) in [6, 6.07) is 0.592. The second-order valence-electron chi connectivity index (χ2n) is 4.96. The van der Waals surface area contributed by atoms with Crippen molar-refractivity contribution in [3.63, 3.8) is 0 Å². The Bertz CT molecular complexity index is 473. The molecule has 1 aromatic heterocycles. The number of anilines is 1. The third-order valence-corrected chi connectivity index (χ3v) is 4.76. The van der Waals surface area contributed by atoms with E-state index in [0.717, 1.165) is 18.3 Å². The van der Waals surface area contributed by atoms with E-state index in [1.165, 1.54) is 38.4 Å². The molecule has 1 saturated carbocycles. The molecule has 0 spiro atoms. The maximum atomic E-state index is 11.6. The van der Waals surface area contributed by atoms with Gasteiger partial charge in [0.2, 0.25) is 0 Å². The summed E-state index contributed by atoms with van der Waals surface area (Å²) in [5, 5.41) is 0. The van der Waals surface area contributed by atoms with Crippen LogP contribution in [0.5, 0.6) is 0 Å². The standard InChI is InChI=1S/C12H16BrN3O/c13-10-11(14-7-15-12(10)17)16-6-2-4-8-3-1-5-9(8)16/h7-9H,1-6H2,(H,14,15,17). The minimum absolute atomic E-state index is 0.0879. The van der Waals surface area contributed by atoms with Gasteiger partial charge in [-0.3, -0.25) is 4.79 Å². The largest absolute Gasteiger partial charge is 0.352 e. The zero-order valence-corrected chi connectivity index (χ0v) is 11.2. The maximum Gasteiger partial charge on any atom is 0.267 e. The molecule has 3 rings (SSSR count). The van der Waals surface area contributed by atoms with Crippen LogP contribution in [0, 0.1) is 5.92 Å². The summed E-state index contributed by atoms with van der Waals surface area (Å²) in [6.07, 6.45) is 7.94. The molecular weight excluding hydrogens is 282 g/mol. The molecule has 0 bridgehead atoms. The van der Waals surface area contributed by atoms with Crippen LogP contribution >= 0.6 is 15.9 Å². The molecule has 1 aromatic rings. The number of rotatable bonds is 1. The van der Waals surface area contributed by atoms with Gasteiger partial charge in [-0.15, -0.1) is 0 Å². The number of nitrogens with one attached hydrogen (secondary N) is 1. The van der Waals surface area contributed by atoms with E-state index in [9.17, 15) is 4.79 Å². The summed E-state index contributed by atoms with van der Waals surface area (Å²) >= 11 is 3.36. The maximum absolute atomic E-state index is 11.6. The van der Waals surface area contributed by atoms with Crippen LogP contribution in [0.3, 0.4) is 0 Å². The summed E-state index contributed by atoms with van der Waals surface area (Å²) in [7, 11) is 0.